The summed E-state index contributed by atoms with van der Waals surface area (Å²) in [4.78, 5) is 33.3. The molecule has 1 fully saturated rings. The van der Waals surface area contributed by atoms with Crippen LogP contribution in [-0.4, -0.2) is 84.0 Å². The van der Waals surface area contributed by atoms with E-state index in [1.165, 1.54) is 93.9 Å². The van der Waals surface area contributed by atoms with Crippen LogP contribution >= 0.6 is 20.7 Å². The summed E-state index contributed by atoms with van der Waals surface area (Å²) in [6.07, 6.45) is 25.1. The van der Waals surface area contributed by atoms with Crippen molar-refractivity contribution < 1.29 is 28.0 Å². The molecule has 0 radical (unpaired) electrons. The van der Waals surface area contributed by atoms with E-state index in [0.29, 0.717) is 17.9 Å². The fourth-order valence-electron chi connectivity index (χ4n) is 10.3. The van der Waals surface area contributed by atoms with Crippen molar-refractivity contribution in [2.75, 3.05) is 40.5 Å². The highest BCUT2D eigenvalue weighted by Crippen LogP contribution is 2.52. The molecule has 0 spiro atoms. The number of nitrogens with one attached hydrogen (secondary N) is 2. The van der Waals surface area contributed by atoms with Gasteiger partial charge in [0.25, 0.3) is 14.1 Å². The van der Waals surface area contributed by atoms with Gasteiger partial charge in [-0.25, -0.2) is 16.0 Å². The summed E-state index contributed by atoms with van der Waals surface area (Å²) in [5.41, 5.74) is 0.297. The Bertz CT molecular complexity index is 2410. The number of nitrogens with zero attached hydrogens (tertiary/aromatic N) is 3. The van der Waals surface area contributed by atoms with Crippen LogP contribution in [0.2, 0.25) is 0 Å². The van der Waals surface area contributed by atoms with Gasteiger partial charge in [-0.2, -0.15) is 0 Å². The van der Waals surface area contributed by atoms with Crippen LogP contribution in [0, 0.1) is 12.5 Å². The highest BCUT2D eigenvalue weighted by Gasteiger charge is 2.50. The van der Waals surface area contributed by atoms with Crippen molar-refractivity contribution >= 4 is 25.7 Å². The molecule has 0 aliphatic carbocycles. The predicted molar refractivity (Wildman–Crippen MR) is 317 cm³/mol. The number of ether oxygens (including phenoxy) is 4. The van der Waals surface area contributed by atoms with Gasteiger partial charge in [0.2, 0.25) is 6.54 Å². The number of rotatable bonds is 38. The van der Waals surface area contributed by atoms with Gasteiger partial charge < -0.3 is 38.2 Å². The molecule has 4 aromatic rings. The van der Waals surface area contributed by atoms with E-state index in [-0.39, 0.29) is 31.8 Å². The van der Waals surface area contributed by atoms with Gasteiger partial charge in [-0.3, -0.25) is 14.3 Å². The lowest BCUT2D eigenvalue weighted by Gasteiger charge is -2.39. The SMILES string of the molecule is [C-]#[N+]CCOP(O[C@@H]1C(C/C=C/CCCCNC(=S)CCCCCCCCCCCCCCC)[C@H](n2ccc(=O)[nH]c2=O)O[C@@H]1COC(c1ccccc1)(c1ccc(OC)cc1)c1ccc(OC)cc1)N(C(C)C)C(C)C. The molecule has 2 N–H and O–H groups in total. The fourth-order valence-corrected chi connectivity index (χ4v) is 12.3. The summed E-state index contributed by atoms with van der Waals surface area (Å²) >= 11 is 5.71. The quantitative estimate of drug-likeness (QED) is 0.0111. The first-order valence-electron chi connectivity index (χ1n) is 28.6. The number of H-pyrrole nitrogens is 1. The Morgan fingerprint density at radius 2 is 1.36 bits per heavy atom. The van der Waals surface area contributed by atoms with E-state index in [0.717, 1.165) is 60.3 Å². The average molecular weight is 1100 g/mol. The second-order valence-corrected chi connectivity index (χ2v) is 22.6. The van der Waals surface area contributed by atoms with Crippen molar-refractivity contribution in [3.63, 3.8) is 0 Å². The molecule has 1 saturated heterocycles. The first kappa shape index (κ1) is 63.1. The van der Waals surface area contributed by atoms with Gasteiger partial charge in [0.15, 0.2) is 0 Å². The van der Waals surface area contributed by atoms with Crippen LogP contribution in [0.5, 0.6) is 11.5 Å². The number of benzene rings is 3. The van der Waals surface area contributed by atoms with Gasteiger partial charge in [-0.1, -0.05) is 163 Å². The smallest absolute Gasteiger partial charge is 0.330 e. The van der Waals surface area contributed by atoms with Gasteiger partial charge in [0.1, 0.15) is 42.1 Å². The number of hydrogen-bond acceptors (Lipinski definition) is 10. The van der Waals surface area contributed by atoms with Crippen molar-refractivity contribution in [2.45, 2.75) is 186 Å². The Balaban J connectivity index is 1.36. The lowest BCUT2D eigenvalue weighted by molar-refractivity contribution is -0.0932. The Labute approximate surface area is 467 Å². The number of aromatic amines is 1. The van der Waals surface area contributed by atoms with Crippen LogP contribution in [0.3, 0.4) is 0 Å². The van der Waals surface area contributed by atoms with Crippen LogP contribution < -0.4 is 26.0 Å². The summed E-state index contributed by atoms with van der Waals surface area (Å²) in [6.45, 7) is 19.4. The Morgan fingerprint density at radius 1 is 0.792 bits per heavy atom. The second kappa shape index (κ2) is 35.0. The summed E-state index contributed by atoms with van der Waals surface area (Å²) in [5.74, 6) is 0.952. The van der Waals surface area contributed by atoms with Gasteiger partial charge in [-0.15, -0.1) is 0 Å². The summed E-state index contributed by atoms with van der Waals surface area (Å²) in [5, 5.41) is 3.49. The standard InChI is InChI=1S/C62H90N5O8PS/c1-9-10-11-12-13-14-15-16-17-18-19-22-28-33-58(77)64-43-29-23-20-21-27-32-55-59(75-76(73-46-44-63-6)67(48(2)3)49(4)5)56(74-60(55)66-45-42-57(68)65-61(66)69)47-72-62(50-30-25-24-26-31-50,51-34-38-53(70-7)39-35-51)52-36-40-54(71-8)41-37-52/h21,24-27,30-31,34-42,45,48-49,55-56,59-60H,9-20,22-23,28-29,32-33,43-44,46-47H2,1-5,7-8H3,(H,64,77)(H,65,68,69)/b27-21+/t55?,56-,59-,60-,76?/m1/s1. The molecule has 1 aliphatic rings. The Kier molecular flexibility index (Phi) is 28.7. The summed E-state index contributed by atoms with van der Waals surface area (Å²) < 4.78 is 43.3. The van der Waals surface area contributed by atoms with E-state index < -0.39 is 49.7 Å². The third-order valence-electron chi connectivity index (χ3n) is 14.3. The number of aromatic nitrogens is 2. The van der Waals surface area contributed by atoms with Crippen molar-refractivity contribution in [1.82, 2.24) is 19.5 Å². The minimum absolute atomic E-state index is 0.00917. The summed E-state index contributed by atoms with van der Waals surface area (Å²) in [6, 6.07) is 27.2. The number of methoxy groups -OCH3 is 2. The van der Waals surface area contributed by atoms with E-state index in [1.807, 2.05) is 78.9 Å². The van der Waals surface area contributed by atoms with E-state index in [2.05, 4.69) is 66.6 Å². The maximum Gasteiger partial charge on any atom is 0.330 e. The minimum atomic E-state index is -1.77. The number of hydrogen-bond donors (Lipinski definition) is 2. The summed E-state index contributed by atoms with van der Waals surface area (Å²) in [7, 11) is 1.52. The number of unbranched alkanes of at least 4 members (excludes halogenated alkanes) is 14. The van der Waals surface area contributed by atoms with E-state index in [1.54, 1.807) is 14.2 Å². The lowest BCUT2D eigenvalue weighted by atomic mass is 9.80. The van der Waals surface area contributed by atoms with Gasteiger partial charge in [0, 0.05) is 36.8 Å². The zero-order valence-electron chi connectivity index (χ0n) is 47.3. The number of allylic oxidation sites excluding steroid dienone is 2. The molecular weight excluding hydrogens is 1010 g/mol. The second-order valence-electron chi connectivity index (χ2n) is 20.7. The van der Waals surface area contributed by atoms with Crippen molar-refractivity contribution in [3.8, 4) is 11.5 Å². The normalized spacial score (nSPS) is 17.1. The average Bonchev–Trinajstić information content (AvgIpc) is 3.77. The van der Waals surface area contributed by atoms with Gasteiger partial charge in [0.05, 0.1) is 25.8 Å². The molecule has 5 atom stereocenters. The zero-order valence-corrected chi connectivity index (χ0v) is 49.0. The largest absolute Gasteiger partial charge is 0.497 e. The fraction of sp³-hybridized carbons (Fsp3) is 0.581. The molecule has 0 bridgehead atoms. The van der Waals surface area contributed by atoms with Gasteiger partial charge in [-0.05, 0) is 107 Å². The van der Waals surface area contributed by atoms with Crippen LogP contribution in [0.4, 0.5) is 0 Å². The van der Waals surface area contributed by atoms with Crippen LogP contribution in [0.15, 0.2) is 113 Å². The molecule has 1 aliphatic heterocycles. The lowest BCUT2D eigenvalue weighted by Crippen LogP contribution is -2.41. The zero-order chi connectivity index (χ0) is 55.3. The monoisotopic (exact) mass is 1100 g/mol. The molecule has 5 rings (SSSR count). The molecule has 15 heteroatoms. The molecule has 422 valence electrons. The predicted octanol–water partition coefficient (Wildman–Crippen LogP) is 14.3. The van der Waals surface area contributed by atoms with Crippen molar-refractivity contribution in [1.29, 1.82) is 0 Å². The van der Waals surface area contributed by atoms with Crippen LogP contribution in [-0.2, 0) is 24.1 Å². The Morgan fingerprint density at radius 3 is 1.91 bits per heavy atom. The van der Waals surface area contributed by atoms with Crippen molar-refractivity contribution in [3.05, 3.63) is 152 Å². The van der Waals surface area contributed by atoms with Crippen LogP contribution in [0.1, 0.15) is 173 Å². The Hall–Kier alpha value is -4.71. The molecule has 1 aromatic heterocycles. The number of thiocarbonyl (C=S) groups is 1. The first-order chi connectivity index (χ1) is 37.5. The molecule has 0 amide bonds. The molecule has 13 nitrogen and oxygen atoms in total. The maximum atomic E-state index is 13.8. The maximum absolute atomic E-state index is 13.8. The third kappa shape index (κ3) is 19.9. The molecule has 3 aromatic carbocycles. The first-order valence-corrected chi connectivity index (χ1v) is 30.1. The third-order valence-corrected chi connectivity index (χ3v) is 16.8. The molecule has 77 heavy (non-hydrogen) atoms. The van der Waals surface area contributed by atoms with E-state index in [4.69, 9.17) is 46.8 Å². The van der Waals surface area contributed by atoms with Gasteiger partial charge >= 0.3 is 5.69 Å². The van der Waals surface area contributed by atoms with Crippen LogP contribution in [0.25, 0.3) is 4.85 Å². The minimum Gasteiger partial charge on any atom is -0.497 e. The van der Waals surface area contributed by atoms with Crippen molar-refractivity contribution in [2.24, 2.45) is 5.92 Å². The molecule has 2 heterocycles. The highest BCUT2D eigenvalue weighted by molar-refractivity contribution is 7.80. The van der Waals surface area contributed by atoms with E-state index >= 15 is 0 Å². The molecule has 0 saturated carbocycles. The van der Waals surface area contributed by atoms with E-state index in [9.17, 15) is 9.59 Å². The topological polar surface area (TPSA) is 130 Å². The molecular formula is C62H90N5O8PS. The molecule has 2 unspecified atom stereocenters. The highest BCUT2D eigenvalue weighted by atomic mass is 32.1.